The van der Waals surface area contributed by atoms with Crippen LogP contribution in [0.4, 0.5) is 0 Å². The summed E-state index contributed by atoms with van der Waals surface area (Å²) in [5.74, 6) is 0.177. The van der Waals surface area contributed by atoms with E-state index in [2.05, 4.69) is 17.1 Å². The highest BCUT2D eigenvalue weighted by Gasteiger charge is 2.04. The van der Waals surface area contributed by atoms with Crippen LogP contribution in [-0.4, -0.2) is 36.8 Å². The highest BCUT2D eigenvalue weighted by atomic mass is 16.5. The summed E-state index contributed by atoms with van der Waals surface area (Å²) >= 11 is 0. The van der Waals surface area contributed by atoms with E-state index in [4.69, 9.17) is 15.7 Å². The van der Waals surface area contributed by atoms with Gasteiger partial charge in [0.2, 0.25) is 0 Å². The number of oxime groups is 1. The molecule has 1 unspecified atom stereocenters. The van der Waals surface area contributed by atoms with Gasteiger partial charge in [-0.15, -0.1) is 6.58 Å². The maximum Gasteiger partial charge on any atom is 0.156 e. The van der Waals surface area contributed by atoms with Gasteiger partial charge in [0.15, 0.2) is 5.84 Å². The number of nitrogens with one attached hydrogen (secondary N) is 1. The minimum absolute atomic E-state index is 0.136. The predicted molar refractivity (Wildman–Crippen MR) is 56.5 cm³/mol. The Kier molecular flexibility index (Phi) is 7.87. The van der Waals surface area contributed by atoms with Crippen LogP contribution in [0.15, 0.2) is 17.8 Å². The third-order valence-corrected chi connectivity index (χ3v) is 1.72. The van der Waals surface area contributed by atoms with Crippen molar-refractivity contribution in [2.24, 2.45) is 10.9 Å². The normalized spacial score (nSPS) is 13.9. The molecule has 0 aliphatic rings. The molecule has 0 saturated carbocycles. The van der Waals surface area contributed by atoms with Crippen molar-refractivity contribution < 1.29 is 9.94 Å². The van der Waals surface area contributed by atoms with Crippen molar-refractivity contribution >= 4 is 5.84 Å². The first kappa shape index (κ1) is 12.9. The molecule has 0 aromatic rings. The van der Waals surface area contributed by atoms with E-state index in [1.54, 1.807) is 0 Å². The van der Waals surface area contributed by atoms with E-state index in [1.165, 1.54) is 0 Å². The Bertz CT molecular complexity index is 183. The summed E-state index contributed by atoms with van der Waals surface area (Å²) in [7, 11) is 0. The molecule has 0 radical (unpaired) electrons. The zero-order valence-corrected chi connectivity index (χ0v) is 8.57. The second kappa shape index (κ2) is 8.52. The van der Waals surface area contributed by atoms with Crippen LogP contribution < -0.4 is 11.1 Å². The second-order valence-corrected chi connectivity index (χ2v) is 2.89. The van der Waals surface area contributed by atoms with Crippen LogP contribution in [0.25, 0.3) is 0 Å². The molecular weight excluding hydrogens is 182 g/mol. The smallest absolute Gasteiger partial charge is 0.156 e. The van der Waals surface area contributed by atoms with Crippen LogP contribution in [0.1, 0.15) is 13.3 Å². The number of nitrogens with two attached hydrogens (primary N) is 1. The average molecular weight is 201 g/mol. The van der Waals surface area contributed by atoms with E-state index in [0.29, 0.717) is 19.8 Å². The molecule has 0 aliphatic heterocycles. The highest BCUT2D eigenvalue weighted by molar-refractivity contribution is 5.84. The molecule has 14 heavy (non-hydrogen) atoms. The van der Waals surface area contributed by atoms with Crippen LogP contribution in [0.2, 0.25) is 0 Å². The second-order valence-electron chi connectivity index (χ2n) is 2.89. The van der Waals surface area contributed by atoms with Crippen LogP contribution in [0.3, 0.4) is 0 Å². The van der Waals surface area contributed by atoms with Crippen molar-refractivity contribution in [3.63, 3.8) is 0 Å². The van der Waals surface area contributed by atoms with Crippen molar-refractivity contribution in [1.82, 2.24) is 5.32 Å². The molecule has 1 atom stereocenters. The summed E-state index contributed by atoms with van der Waals surface area (Å²) in [4.78, 5) is 0. The SMILES string of the molecule is C=CCCOCCNC(C)/C(N)=N/O. The monoisotopic (exact) mass is 201 g/mol. The molecular formula is C9H19N3O2. The maximum absolute atomic E-state index is 8.36. The minimum atomic E-state index is -0.136. The first-order valence-electron chi connectivity index (χ1n) is 4.61. The zero-order valence-electron chi connectivity index (χ0n) is 8.57. The fraction of sp³-hybridized carbons (Fsp3) is 0.667. The molecule has 0 bridgehead atoms. The molecule has 82 valence electrons. The van der Waals surface area contributed by atoms with Gasteiger partial charge < -0.3 is 21.0 Å². The summed E-state index contributed by atoms with van der Waals surface area (Å²) in [6, 6.07) is -0.136. The van der Waals surface area contributed by atoms with Gasteiger partial charge in [-0.05, 0) is 13.3 Å². The number of rotatable bonds is 8. The largest absolute Gasteiger partial charge is 0.409 e. The maximum atomic E-state index is 8.36. The van der Waals surface area contributed by atoms with E-state index in [-0.39, 0.29) is 11.9 Å². The number of hydrogen-bond acceptors (Lipinski definition) is 4. The highest BCUT2D eigenvalue weighted by Crippen LogP contribution is 1.84. The molecule has 0 rings (SSSR count). The van der Waals surface area contributed by atoms with Crippen LogP contribution >= 0.6 is 0 Å². The van der Waals surface area contributed by atoms with Crippen molar-refractivity contribution in [2.45, 2.75) is 19.4 Å². The first-order chi connectivity index (χ1) is 6.72. The molecule has 0 aliphatic carbocycles. The fourth-order valence-electron chi connectivity index (χ4n) is 0.808. The van der Waals surface area contributed by atoms with Crippen LogP contribution in [-0.2, 0) is 4.74 Å². The van der Waals surface area contributed by atoms with Crippen molar-refractivity contribution in [3.05, 3.63) is 12.7 Å². The lowest BCUT2D eigenvalue weighted by molar-refractivity contribution is 0.140. The van der Waals surface area contributed by atoms with Gasteiger partial charge >= 0.3 is 0 Å². The Morgan fingerprint density at radius 2 is 2.43 bits per heavy atom. The molecule has 0 aromatic heterocycles. The quantitative estimate of drug-likeness (QED) is 0.132. The summed E-state index contributed by atoms with van der Waals surface area (Å²) in [6.07, 6.45) is 2.67. The van der Waals surface area contributed by atoms with Crippen molar-refractivity contribution in [3.8, 4) is 0 Å². The molecule has 5 heteroatoms. The summed E-state index contributed by atoms with van der Waals surface area (Å²) in [6.45, 7) is 7.37. The first-order valence-corrected chi connectivity index (χ1v) is 4.61. The van der Waals surface area contributed by atoms with Gasteiger partial charge in [0.25, 0.3) is 0 Å². The molecule has 0 fully saturated rings. The molecule has 5 nitrogen and oxygen atoms in total. The Morgan fingerprint density at radius 1 is 1.71 bits per heavy atom. The minimum Gasteiger partial charge on any atom is -0.409 e. The molecule has 0 spiro atoms. The lowest BCUT2D eigenvalue weighted by Gasteiger charge is -2.11. The topological polar surface area (TPSA) is 79.9 Å². The van der Waals surface area contributed by atoms with Gasteiger partial charge in [-0.2, -0.15) is 0 Å². The zero-order chi connectivity index (χ0) is 10.8. The Balaban J connectivity index is 3.31. The standard InChI is InChI=1S/C9H19N3O2/c1-3-4-6-14-7-5-11-8(2)9(10)12-13/h3,8,11,13H,1,4-7H2,2H3,(H2,10,12). The van der Waals surface area contributed by atoms with Gasteiger partial charge in [-0.3, -0.25) is 0 Å². The third kappa shape index (κ3) is 6.45. The van der Waals surface area contributed by atoms with Gasteiger partial charge in [0.05, 0.1) is 19.3 Å². The third-order valence-electron chi connectivity index (χ3n) is 1.72. The molecule has 0 saturated heterocycles. The van der Waals surface area contributed by atoms with E-state index >= 15 is 0 Å². The number of hydrogen-bond donors (Lipinski definition) is 3. The van der Waals surface area contributed by atoms with Gasteiger partial charge in [0, 0.05) is 6.54 Å². The Hall–Kier alpha value is -1.07. The average Bonchev–Trinajstić information content (AvgIpc) is 2.21. The lowest BCUT2D eigenvalue weighted by atomic mass is 10.3. The summed E-state index contributed by atoms with van der Waals surface area (Å²) in [5, 5.41) is 14.3. The Morgan fingerprint density at radius 3 is 3.00 bits per heavy atom. The Labute approximate surface area is 84.6 Å². The molecule has 0 aromatic carbocycles. The summed E-state index contributed by atoms with van der Waals surface area (Å²) < 4.78 is 5.26. The van der Waals surface area contributed by atoms with Crippen molar-refractivity contribution in [2.75, 3.05) is 19.8 Å². The van der Waals surface area contributed by atoms with Gasteiger partial charge in [-0.1, -0.05) is 11.2 Å². The molecule has 0 heterocycles. The molecule has 0 amide bonds. The van der Waals surface area contributed by atoms with E-state index in [1.807, 2.05) is 13.0 Å². The number of amidine groups is 1. The van der Waals surface area contributed by atoms with Gasteiger partial charge in [-0.25, -0.2) is 0 Å². The van der Waals surface area contributed by atoms with Crippen molar-refractivity contribution in [1.29, 1.82) is 0 Å². The van der Waals surface area contributed by atoms with Crippen LogP contribution in [0, 0.1) is 0 Å². The number of ether oxygens (including phenoxy) is 1. The number of nitrogens with zero attached hydrogens (tertiary/aromatic N) is 1. The van der Waals surface area contributed by atoms with E-state index < -0.39 is 0 Å². The molecule has 4 N–H and O–H groups in total. The van der Waals surface area contributed by atoms with E-state index in [9.17, 15) is 0 Å². The summed E-state index contributed by atoms with van der Waals surface area (Å²) in [5.41, 5.74) is 5.36. The van der Waals surface area contributed by atoms with Crippen LogP contribution in [0.5, 0.6) is 0 Å². The lowest BCUT2D eigenvalue weighted by Crippen LogP contribution is -2.40. The van der Waals surface area contributed by atoms with Gasteiger partial charge in [0.1, 0.15) is 0 Å². The van der Waals surface area contributed by atoms with E-state index in [0.717, 1.165) is 6.42 Å². The predicted octanol–water partition coefficient (Wildman–Crippen LogP) is 0.304. The fourth-order valence-corrected chi connectivity index (χ4v) is 0.808.